The number of ether oxygens (including phenoxy) is 3. The number of hydrogen-bond donors (Lipinski definition) is 2. The summed E-state index contributed by atoms with van der Waals surface area (Å²) in [6, 6.07) is 25.6. The molecule has 1 saturated heterocycles. The summed E-state index contributed by atoms with van der Waals surface area (Å²) in [5.41, 5.74) is 7.24. The average molecular weight is 637 g/mol. The number of carbonyl (C=O) groups excluding carboxylic acids is 2. The van der Waals surface area contributed by atoms with E-state index in [1.165, 1.54) is 36.0 Å². The molecule has 6 rings (SSSR count). The monoisotopic (exact) mass is 636 g/mol. The van der Waals surface area contributed by atoms with Crippen LogP contribution in [-0.4, -0.2) is 55.2 Å². The number of rotatable bonds is 13. The Balaban J connectivity index is 1.20. The second kappa shape index (κ2) is 15.8. The van der Waals surface area contributed by atoms with Crippen molar-refractivity contribution in [2.24, 2.45) is 5.92 Å². The van der Waals surface area contributed by atoms with Gasteiger partial charge in [-0.25, -0.2) is 9.48 Å². The van der Waals surface area contributed by atoms with Crippen LogP contribution < -0.4 is 15.4 Å². The maximum Gasteiger partial charge on any atom is 0.407 e. The zero-order valence-corrected chi connectivity index (χ0v) is 27.1. The summed E-state index contributed by atoms with van der Waals surface area (Å²) in [5.74, 6) is 1.14. The van der Waals surface area contributed by atoms with Gasteiger partial charge in [-0.15, -0.1) is 0 Å². The van der Waals surface area contributed by atoms with Crippen molar-refractivity contribution in [3.63, 3.8) is 0 Å². The second-order valence-corrected chi connectivity index (χ2v) is 12.2. The molecule has 2 N–H and O–H groups in total. The van der Waals surface area contributed by atoms with Crippen molar-refractivity contribution in [1.29, 1.82) is 0 Å². The predicted molar refractivity (Wildman–Crippen MR) is 183 cm³/mol. The highest BCUT2D eigenvalue weighted by Gasteiger charge is 2.28. The molecule has 2 fully saturated rings. The van der Waals surface area contributed by atoms with Gasteiger partial charge in [0.1, 0.15) is 19.0 Å². The van der Waals surface area contributed by atoms with Crippen LogP contribution in [-0.2, 0) is 14.3 Å². The van der Waals surface area contributed by atoms with Gasteiger partial charge in [-0.3, -0.25) is 4.79 Å². The van der Waals surface area contributed by atoms with E-state index in [2.05, 4.69) is 71.3 Å². The van der Waals surface area contributed by atoms with Crippen molar-refractivity contribution in [1.82, 2.24) is 20.4 Å². The van der Waals surface area contributed by atoms with E-state index in [0.29, 0.717) is 31.1 Å². The fraction of sp³-hybridized carbons (Fsp3) is 0.395. The Hall–Kier alpha value is -4.63. The summed E-state index contributed by atoms with van der Waals surface area (Å²) in [6.07, 6.45) is 9.18. The highest BCUT2D eigenvalue weighted by Crippen LogP contribution is 2.45. The van der Waals surface area contributed by atoms with Crippen molar-refractivity contribution < 1.29 is 23.8 Å². The van der Waals surface area contributed by atoms with Crippen molar-refractivity contribution >= 4 is 34.0 Å². The van der Waals surface area contributed by atoms with E-state index in [4.69, 9.17) is 19.3 Å². The molecule has 1 aliphatic carbocycles. The average Bonchev–Trinajstić information content (AvgIpc) is 3.52. The first-order valence-electron chi connectivity index (χ1n) is 16.8. The van der Waals surface area contributed by atoms with E-state index >= 15 is 0 Å². The molecular formula is C38H44N4O5. The van der Waals surface area contributed by atoms with Crippen molar-refractivity contribution in [3.8, 4) is 5.75 Å². The standard InChI is InChI=1S/C38H44N4O5/c1-39-34(43)13-8-21-40-38(44)47-24-23-45-32-18-15-29(16-19-32)37(36(28-11-7-12-28)27-9-3-2-4-10-27)30-17-20-33-31(25-30)26-41-42(33)35-14-5-6-22-46-35/h2-4,9-10,15-20,25-26,28,35H,5-8,11-14,21-24H2,1H3,(H,39,43)(H,40,44)/b37-36-. The number of aromatic nitrogens is 2. The Labute approximate surface area is 276 Å². The zero-order chi connectivity index (χ0) is 32.4. The van der Waals surface area contributed by atoms with Gasteiger partial charge in [0, 0.05) is 32.0 Å². The van der Waals surface area contributed by atoms with Crippen LogP contribution in [0.15, 0.2) is 79.0 Å². The van der Waals surface area contributed by atoms with Gasteiger partial charge in [-0.1, -0.05) is 55.0 Å². The second-order valence-electron chi connectivity index (χ2n) is 12.2. The lowest BCUT2D eigenvalue weighted by Crippen LogP contribution is -2.28. The van der Waals surface area contributed by atoms with Crippen LogP contribution in [0.2, 0.25) is 0 Å². The molecule has 2 heterocycles. The van der Waals surface area contributed by atoms with Crippen LogP contribution in [0, 0.1) is 5.92 Å². The summed E-state index contributed by atoms with van der Waals surface area (Å²) in [7, 11) is 1.59. The number of allylic oxidation sites excluding steroid dienone is 1. The summed E-state index contributed by atoms with van der Waals surface area (Å²) in [4.78, 5) is 23.2. The van der Waals surface area contributed by atoms with E-state index in [1.54, 1.807) is 7.05 Å². The largest absolute Gasteiger partial charge is 0.490 e. The lowest BCUT2D eigenvalue weighted by atomic mass is 9.73. The molecule has 4 aromatic rings. The smallest absolute Gasteiger partial charge is 0.407 e. The van der Waals surface area contributed by atoms with E-state index < -0.39 is 6.09 Å². The Morgan fingerprint density at radius 3 is 2.45 bits per heavy atom. The number of benzene rings is 3. The Kier molecular flexibility index (Phi) is 10.8. The lowest BCUT2D eigenvalue weighted by molar-refractivity contribution is -0.120. The third-order valence-corrected chi connectivity index (χ3v) is 9.04. The van der Waals surface area contributed by atoms with Crippen LogP contribution in [0.5, 0.6) is 5.75 Å². The van der Waals surface area contributed by atoms with E-state index in [-0.39, 0.29) is 25.3 Å². The van der Waals surface area contributed by atoms with Crippen LogP contribution in [0.25, 0.3) is 22.0 Å². The van der Waals surface area contributed by atoms with Gasteiger partial charge in [0.2, 0.25) is 5.91 Å². The van der Waals surface area contributed by atoms with Gasteiger partial charge in [0.25, 0.3) is 0 Å². The molecule has 9 heteroatoms. The van der Waals surface area contributed by atoms with Crippen LogP contribution in [0.1, 0.15) is 74.3 Å². The van der Waals surface area contributed by atoms with Crippen LogP contribution in [0.4, 0.5) is 4.79 Å². The number of nitrogens with one attached hydrogen (secondary N) is 2. The first-order valence-corrected chi connectivity index (χ1v) is 16.8. The SMILES string of the molecule is CNC(=O)CCCNC(=O)OCCOc1ccc(/C(=C(\c2ccccc2)C2CCC2)c2ccc3c(cnn3C3CCCCO3)c2)cc1. The fourth-order valence-electron chi connectivity index (χ4n) is 6.36. The minimum atomic E-state index is -0.520. The zero-order valence-electron chi connectivity index (χ0n) is 27.1. The summed E-state index contributed by atoms with van der Waals surface area (Å²) >= 11 is 0. The number of hydrogen-bond acceptors (Lipinski definition) is 6. The van der Waals surface area contributed by atoms with Crippen molar-refractivity contribution in [2.75, 3.05) is 33.4 Å². The molecule has 1 aromatic heterocycles. The maximum atomic E-state index is 11.9. The maximum absolute atomic E-state index is 11.9. The number of alkyl carbamates (subject to hydrolysis) is 1. The van der Waals surface area contributed by atoms with Gasteiger partial charge in [0.15, 0.2) is 6.23 Å². The molecule has 0 radical (unpaired) electrons. The third kappa shape index (κ3) is 8.03. The number of carbonyl (C=O) groups is 2. The van der Waals surface area contributed by atoms with E-state index in [1.807, 2.05) is 23.0 Å². The number of amides is 2. The minimum absolute atomic E-state index is 0.00967. The van der Waals surface area contributed by atoms with Crippen LogP contribution >= 0.6 is 0 Å². The molecule has 47 heavy (non-hydrogen) atoms. The van der Waals surface area contributed by atoms with E-state index in [9.17, 15) is 9.59 Å². The first kappa shape index (κ1) is 32.3. The molecule has 1 atom stereocenters. The Morgan fingerprint density at radius 1 is 0.915 bits per heavy atom. The van der Waals surface area contributed by atoms with Crippen molar-refractivity contribution in [3.05, 3.63) is 95.7 Å². The van der Waals surface area contributed by atoms with Gasteiger partial charge in [-0.2, -0.15) is 5.10 Å². The fourth-order valence-corrected chi connectivity index (χ4v) is 6.36. The Bertz CT molecular complexity index is 1670. The molecule has 2 aliphatic rings. The Morgan fingerprint density at radius 2 is 1.72 bits per heavy atom. The number of fused-ring (bicyclic) bond motifs is 1. The molecule has 9 nitrogen and oxygen atoms in total. The molecule has 1 unspecified atom stereocenters. The lowest BCUT2D eigenvalue weighted by Gasteiger charge is -2.31. The first-order chi connectivity index (χ1) is 23.1. The van der Waals surface area contributed by atoms with Gasteiger partial charge >= 0.3 is 6.09 Å². The summed E-state index contributed by atoms with van der Waals surface area (Å²) in [6.45, 7) is 1.51. The normalized spacial score (nSPS) is 17.0. The highest BCUT2D eigenvalue weighted by molar-refractivity contribution is 6.01. The molecular weight excluding hydrogens is 592 g/mol. The van der Waals surface area contributed by atoms with Crippen molar-refractivity contribution in [2.45, 2.75) is 57.6 Å². The number of nitrogens with zero attached hydrogens (tertiary/aromatic N) is 2. The van der Waals surface area contributed by atoms with E-state index in [0.717, 1.165) is 47.9 Å². The topological polar surface area (TPSA) is 104 Å². The predicted octanol–water partition coefficient (Wildman–Crippen LogP) is 7.13. The highest BCUT2D eigenvalue weighted by atomic mass is 16.6. The molecule has 1 aliphatic heterocycles. The van der Waals surface area contributed by atoms with Gasteiger partial charge < -0.3 is 24.8 Å². The summed E-state index contributed by atoms with van der Waals surface area (Å²) in [5, 5.41) is 11.1. The minimum Gasteiger partial charge on any atom is -0.490 e. The third-order valence-electron chi connectivity index (χ3n) is 9.04. The van der Waals surface area contributed by atoms with Crippen LogP contribution in [0.3, 0.4) is 0 Å². The molecule has 0 spiro atoms. The van der Waals surface area contributed by atoms with Gasteiger partial charge in [-0.05, 0) is 96.5 Å². The molecule has 1 saturated carbocycles. The molecule has 246 valence electrons. The summed E-state index contributed by atoms with van der Waals surface area (Å²) < 4.78 is 19.2. The molecule has 2 amide bonds. The quantitative estimate of drug-likeness (QED) is 0.120. The molecule has 3 aromatic carbocycles. The molecule has 0 bridgehead atoms. The van der Waals surface area contributed by atoms with Gasteiger partial charge in [0.05, 0.1) is 11.7 Å².